The van der Waals surface area contributed by atoms with Gasteiger partial charge in [0.05, 0.1) is 18.7 Å². The van der Waals surface area contributed by atoms with Crippen molar-refractivity contribution in [1.29, 1.82) is 0 Å². The number of hydrogen-bond donors (Lipinski definition) is 2. The molecule has 2 aromatic carbocycles. The smallest absolute Gasteiger partial charge is 0.239 e. The molecule has 5 heteroatoms. The van der Waals surface area contributed by atoms with Gasteiger partial charge in [-0.3, -0.25) is 9.78 Å². The lowest BCUT2D eigenvalue weighted by atomic mass is 10.1. The Kier molecular flexibility index (Phi) is 6.17. The van der Waals surface area contributed by atoms with E-state index in [0.29, 0.717) is 13.1 Å². The average Bonchev–Trinajstić information content (AvgIpc) is 2.68. The zero-order chi connectivity index (χ0) is 18.2. The van der Waals surface area contributed by atoms with Crippen LogP contribution in [-0.4, -0.2) is 42.2 Å². The first-order valence-electron chi connectivity index (χ1n) is 8.78. The van der Waals surface area contributed by atoms with E-state index in [4.69, 9.17) is 0 Å². The molecule has 3 rings (SSSR count). The molecule has 1 aromatic heterocycles. The number of pyridine rings is 1. The number of benzene rings is 2. The molecule has 0 aliphatic heterocycles. The predicted octanol–water partition coefficient (Wildman–Crippen LogP) is 2.39. The van der Waals surface area contributed by atoms with Crippen molar-refractivity contribution in [3.63, 3.8) is 0 Å². The summed E-state index contributed by atoms with van der Waals surface area (Å²) in [5.74, 6) is -0.0597. The Bertz CT molecular complexity index is 847. The van der Waals surface area contributed by atoms with E-state index in [2.05, 4.69) is 10.3 Å². The van der Waals surface area contributed by atoms with Crippen LogP contribution in [0.4, 0.5) is 5.69 Å². The van der Waals surface area contributed by atoms with E-state index in [-0.39, 0.29) is 19.1 Å². The summed E-state index contributed by atoms with van der Waals surface area (Å²) >= 11 is 0. The molecule has 0 aliphatic rings. The highest BCUT2D eigenvalue weighted by Gasteiger charge is 2.11. The van der Waals surface area contributed by atoms with Crippen LogP contribution in [0.25, 0.3) is 10.9 Å². The number of carbonyl (C=O) groups is 1. The van der Waals surface area contributed by atoms with Crippen molar-refractivity contribution >= 4 is 22.5 Å². The van der Waals surface area contributed by atoms with Crippen LogP contribution in [0.1, 0.15) is 5.56 Å². The molecule has 5 nitrogen and oxygen atoms in total. The van der Waals surface area contributed by atoms with Gasteiger partial charge >= 0.3 is 0 Å². The second-order valence-electron chi connectivity index (χ2n) is 6.07. The van der Waals surface area contributed by atoms with Crippen molar-refractivity contribution in [2.45, 2.75) is 6.42 Å². The fourth-order valence-corrected chi connectivity index (χ4v) is 2.99. The van der Waals surface area contributed by atoms with Gasteiger partial charge in [-0.1, -0.05) is 42.5 Å². The standard InChI is InChI=1S/C21H23N3O2/c25-15-14-24(19-9-2-1-3-10-19)16-20(26)22-13-11-18-7-4-6-17-8-5-12-23-21(17)18/h1-10,12,25H,11,13-16H2,(H,22,26). The van der Waals surface area contributed by atoms with Gasteiger partial charge < -0.3 is 15.3 Å². The third-order valence-corrected chi connectivity index (χ3v) is 4.26. The normalized spacial score (nSPS) is 10.7. The van der Waals surface area contributed by atoms with Crippen LogP contribution in [0.2, 0.25) is 0 Å². The number of carbonyl (C=O) groups excluding carboxylic acids is 1. The van der Waals surface area contributed by atoms with Gasteiger partial charge in [0.15, 0.2) is 0 Å². The minimum atomic E-state index is -0.0597. The topological polar surface area (TPSA) is 65.5 Å². The molecule has 0 radical (unpaired) electrons. The fourth-order valence-electron chi connectivity index (χ4n) is 2.99. The third-order valence-electron chi connectivity index (χ3n) is 4.26. The number of aliphatic hydroxyl groups excluding tert-OH is 1. The van der Waals surface area contributed by atoms with E-state index in [1.807, 2.05) is 65.6 Å². The molecule has 0 unspecified atom stereocenters. The molecule has 0 saturated carbocycles. The van der Waals surface area contributed by atoms with Crippen molar-refractivity contribution in [3.8, 4) is 0 Å². The molecule has 0 saturated heterocycles. The number of aromatic nitrogens is 1. The molecule has 3 aromatic rings. The Morgan fingerprint density at radius 1 is 1.04 bits per heavy atom. The van der Waals surface area contributed by atoms with E-state index < -0.39 is 0 Å². The van der Waals surface area contributed by atoms with Crippen LogP contribution in [0.3, 0.4) is 0 Å². The number of amides is 1. The van der Waals surface area contributed by atoms with Gasteiger partial charge in [0.25, 0.3) is 0 Å². The molecular weight excluding hydrogens is 326 g/mol. The number of hydrogen-bond acceptors (Lipinski definition) is 4. The lowest BCUT2D eigenvalue weighted by molar-refractivity contribution is -0.119. The first-order chi connectivity index (χ1) is 12.8. The highest BCUT2D eigenvalue weighted by molar-refractivity contribution is 5.82. The summed E-state index contributed by atoms with van der Waals surface area (Å²) in [4.78, 5) is 18.6. The number of rotatable bonds is 8. The monoisotopic (exact) mass is 349 g/mol. The SMILES string of the molecule is O=C(CN(CCO)c1ccccc1)NCCc1cccc2cccnc12. The number of fused-ring (bicyclic) bond motifs is 1. The zero-order valence-corrected chi connectivity index (χ0v) is 14.6. The first-order valence-corrected chi connectivity index (χ1v) is 8.78. The second kappa shape index (κ2) is 8.97. The highest BCUT2D eigenvalue weighted by atomic mass is 16.3. The molecule has 26 heavy (non-hydrogen) atoms. The average molecular weight is 349 g/mol. The molecule has 0 spiro atoms. The fraction of sp³-hybridized carbons (Fsp3) is 0.238. The van der Waals surface area contributed by atoms with Gasteiger partial charge in [-0.15, -0.1) is 0 Å². The van der Waals surface area contributed by atoms with E-state index in [1.54, 1.807) is 6.20 Å². The maximum atomic E-state index is 12.3. The number of aliphatic hydroxyl groups is 1. The van der Waals surface area contributed by atoms with Crippen molar-refractivity contribution in [1.82, 2.24) is 10.3 Å². The second-order valence-corrected chi connectivity index (χ2v) is 6.07. The lowest BCUT2D eigenvalue weighted by Crippen LogP contribution is -2.39. The van der Waals surface area contributed by atoms with Gasteiger partial charge in [0.1, 0.15) is 0 Å². The van der Waals surface area contributed by atoms with E-state index in [9.17, 15) is 9.90 Å². The molecule has 1 heterocycles. The summed E-state index contributed by atoms with van der Waals surface area (Å²) in [6.07, 6.45) is 2.52. The molecule has 1 amide bonds. The first kappa shape index (κ1) is 17.9. The molecule has 2 N–H and O–H groups in total. The summed E-state index contributed by atoms with van der Waals surface area (Å²) in [5.41, 5.74) is 3.03. The largest absolute Gasteiger partial charge is 0.395 e. The van der Waals surface area contributed by atoms with Crippen LogP contribution in [0.15, 0.2) is 66.9 Å². The Balaban J connectivity index is 1.56. The van der Waals surface area contributed by atoms with Crippen LogP contribution in [0, 0.1) is 0 Å². The summed E-state index contributed by atoms with van der Waals surface area (Å²) in [7, 11) is 0. The van der Waals surface area contributed by atoms with Crippen LogP contribution in [-0.2, 0) is 11.2 Å². The molecular formula is C21H23N3O2. The molecule has 0 bridgehead atoms. The Morgan fingerprint density at radius 2 is 1.85 bits per heavy atom. The van der Waals surface area contributed by atoms with Gasteiger partial charge in [-0.25, -0.2) is 0 Å². The summed E-state index contributed by atoms with van der Waals surface area (Å²) in [6.45, 7) is 1.20. The molecule has 0 fully saturated rings. The van der Waals surface area contributed by atoms with E-state index in [1.165, 1.54) is 0 Å². The van der Waals surface area contributed by atoms with Crippen LogP contribution in [0.5, 0.6) is 0 Å². The number of nitrogens with zero attached hydrogens (tertiary/aromatic N) is 2. The molecule has 0 aliphatic carbocycles. The number of para-hydroxylation sites is 2. The minimum Gasteiger partial charge on any atom is -0.395 e. The summed E-state index contributed by atoms with van der Waals surface area (Å²) in [5, 5.41) is 13.3. The van der Waals surface area contributed by atoms with Crippen molar-refractivity contribution < 1.29 is 9.90 Å². The predicted molar refractivity (Wildman–Crippen MR) is 104 cm³/mol. The summed E-state index contributed by atoms with van der Waals surface area (Å²) in [6, 6.07) is 19.7. The van der Waals surface area contributed by atoms with E-state index in [0.717, 1.165) is 28.6 Å². The number of nitrogens with one attached hydrogen (secondary N) is 1. The maximum Gasteiger partial charge on any atom is 0.239 e. The van der Waals surface area contributed by atoms with Crippen molar-refractivity contribution in [2.75, 3.05) is 31.1 Å². The van der Waals surface area contributed by atoms with Crippen molar-refractivity contribution in [2.24, 2.45) is 0 Å². The number of anilines is 1. The van der Waals surface area contributed by atoms with Gasteiger partial charge in [0, 0.05) is 30.4 Å². The maximum absolute atomic E-state index is 12.3. The summed E-state index contributed by atoms with van der Waals surface area (Å²) < 4.78 is 0. The van der Waals surface area contributed by atoms with Gasteiger partial charge in [0.2, 0.25) is 5.91 Å². The lowest BCUT2D eigenvalue weighted by Gasteiger charge is -2.23. The minimum absolute atomic E-state index is 0.00382. The zero-order valence-electron chi connectivity index (χ0n) is 14.6. The Labute approximate surface area is 153 Å². The Hall–Kier alpha value is -2.92. The quantitative estimate of drug-likeness (QED) is 0.655. The van der Waals surface area contributed by atoms with Gasteiger partial charge in [-0.05, 0) is 30.2 Å². The van der Waals surface area contributed by atoms with Crippen molar-refractivity contribution in [3.05, 3.63) is 72.4 Å². The molecule has 0 atom stereocenters. The third kappa shape index (κ3) is 4.58. The van der Waals surface area contributed by atoms with E-state index >= 15 is 0 Å². The Morgan fingerprint density at radius 3 is 2.65 bits per heavy atom. The van der Waals surface area contributed by atoms with Gasteiger partial charge in [-0.2, -0.15) is 0 Å². The highest BCUT2D eigenvalue weighted by Crippen LogP contribution is 2.16. The van der Waals surface area contributed by atoms with Crippen LogP contribution >= 0.6 is 0 Å². The molecule has 134 valence electrons. The van der Waals surface area contributed by atoms with Crippen LogP contribution < -0.4 is 10.2 Å².